The number of carbonyl (C=O) groups excluding carboxylic acids is 3. The van der Waals surface area contributed by atoms with E-state index in [0.29, 0.717) is 0 Å². The van der Waals surface area contributed by atoms with Crippen LogP contribution in [0.5, 0.6) is 0 Å². The van der Waals surface area contributed by atoms with E-state index >= 15 is 0 Å². The first-order valence-corrected chi connectivity index (χ1v) is 11.8. The molecule has 9 heteroatoms. The predicted octanol–water partition coefficient (Wildman–Crippen LogP) is 6.09. The van der Waals surface area contributed by atoms with Gasteiger partial charge in [-0.25, -0.2) is 14.4 Å². The van der Waals surface area contributed by atoms with Gasteiger partial charge >= 0.3 is 18.1 Å². The number of ether oxygens (including phenoxy) is 2. The summed E-state index contributed by atoms with van der Waals surface area (Å²) in [6.07, 6.45) is 2.59. The quantitative estimate of drug-likeness (QED) is 0.147. The summed E-state index contributed by atoms with van der Waals surface area (Å²) in [4.78, 5) is 56.2. The van der Waals surface area contributed by atoms with Crippen molar-refractivity contribution in [3.8, 4) is 0 Å². The molecule has 0 saturated heterocycles. The second-order valence-electron chi connectivity index (χ2n) is 9.06. The molecular formula is C27H34O9. The van der Waals surface area contributed by atoms with Gasteiger partial charge in [0.15, 0.2) is 0 Å². The van der Waals surface area contributed by atoms with Gasteiger partial charge in [-0.05, 0) is 48.2 Å². The van der Waals surface area contributed by atoms with Gasteiger partial charge in [0.1, 0.15) is 0 Å². The van der Waals surface area contributed by atoms with Crippen molar-refractivity contribution < 1.29 is 43.4 Å². The standard InChI is InChI=1S/C27H34O9/c1-7-9-19-11-15-21(16-12-19)23(28)33-35-26(3,4)31-25(30)32-27(5,6)36-34-24(29)22-17-13-20(10-8-2)14-18-22/h11-18H,7-10H2,1-6H3. The van der Waals surface area contributed by atoms with Gasteiger partial charge in [-0.3, -0.25) is 9.78 Å². The predicted molar refractivity (Wildman–Crippen MR) is 130 cm³/mol. The normalized spacial score (nSPS) is 11.5. The van der Waals surface area contributed by atoms with Crippen molar-refractivity contribution in [2.24, 2.45) is 0 Å². The van der Waals surface area contributed by atoms with Crippen molar-refractivity contribution in [2.45, 2.75) is 78.8 Å². The minimum absolute atomic E-state index is 0.282. The molecule has 0 amide bonds. The van der Waals surface area contributed by atoms with Crippen LogP contribution in [0.3, 0.4) is 0 Å². The van der Waals surface area contributed by atoms with Crippen LogP contribution in [0.2, 0.25) is 0 Å². The van der Waals surface area contributed by atoms with Crippen LogP contribution < -0.4 is 0 Å². The minimum atomic E-state index is -1.68. The van der Waals surface area contributed by atoms with E-state index in [-0.39, 0.29) is 11.1 Å². The Morgan fingerprint density at radius 3 is 1.25 bits per heavy atom. The fourth-order valence-electron chi connectivity index (χ4n) is 3.02. The zero-order valence-corrected chi connectivity index (χ0v) is 21.6. The molecule has 0 bridgehead atoms. The third kappa shape index (κ3) is 9.67. The van der Waals surface area contributed by atoms with Crippen LogP contribution in [0.1, 0.15) is 86.2 Å². The summed E-state index contributed by atoms with van der Waals surface area (Å²) in [5, 5.41) is 0. The largest absolute Gasteiger partial charge is 0.513 e. The number of hydrogen-bond donors (Lipinski definition) is 0. The number of rotatable bonds is 12. The van der Waals surface area contributed by atoms with Crippen molar-refractivity contribution in [2.75, 3.05) is 0 Å². The fraction of sp³-hybridized carbons (Fsp3) is 0.444. The molecule has 0 N–H and O–H groups in total. The van der Waals surface area contributed by atoms with Gasteiger partial charge in [-0.2, -0.15) is 0 Å². The smallest absolute Gasteiger partial charge is 0.398 e. The number of benzene rings is 2. The van der Waals surface area contributed by atoms with Crippen molar-refractivity contribution >= 4 is 18.1 Å². The molecule has 196 valence electrons. The van der Waals surface area contributed by atoms with Gasteiger partial charge < -0.3 is 9.47 Å². The van der Waals surface area contributed by atoms with Gasteiger partial charge in [0.2, 0.25) is 0 Å². The molecule has 0 aliphatic heterocycles. The van der Waals surface area contributed by atoms with Crippen molar-refractivity contribution in [3.05, 3.63) is 70.8 Å². The number of hydrogen-bond acceptors (Lipinski definition) is 9. The maximum absolute atomic E-state index is 12.2. The Balaban J connectivity index is 1.81. The summed E-state index contributed by atoms with van der Waals surface area (Å²) in [7, 11) is 0. The Morgan fingerprint density at radius 2 is 0.944 bits per heavy atom. The fourth-order valence-corrected chi connectivity index (χ4v) is 3.02. The van der Waals surface area contributed by atoms with Crippen LogP contribution in [0, 0.1) is 0 Å². The maximum Gasteiger partial charge on any atom is 0.513 e. The lowest BCUT2D eigenvalue weighted by molar-refractivity contribution is -0.391. The lowest BCUT2D eigenvalue weighted by Crippen LogP contribution is -2.38. The molecule has 0 saturated carbocycles. The van der Waals surface area contributed by atoms with Gasteiger partial charge in [0, 0.05) is 27.7 Å². The third-order valence-corrected chi connectivity index (χ3v) is 4.75. The molecule has 0 radical (unpaired) electrons. The van der Waals surface area contributed by atoms with Gasteiger partial charge in [-0.15, -0.1) is 9.78 Å². The van der Waals surface area contributed by atoms with E-state index in [9.17, 15) is 14.4 Å². The number of carbonyl (C=O) groups is 3. The van der Waals surface area contributed by atoms with E-state index in [1.165, 1.54) is 27.7 Å². The summed E-state index contributed by atoms with van der Waals surface area (Å²) in [5.74, 6) is -4.85. The van der Waals surface area contributed by atoms with Crippen molar-refractivity contribution in [1.29, 1.82) is 0 Å². The highest BCUT2D eigenvalue weighted by Crippen LogP contribution is 2.20. The first-order valence-electron chi connectivity index (χ1n) is 11.8. The summed E-state index contributed by atoms with van der Waals surface area (Å²) in [5.41, 5.74) is 2.76. The van der Waals surface area contributed by atoms with Crippen molar-refractivity contribution in [1.82, 2.24) is 0 Å². The lowest BCUT2D eigenvalue weighted by atomic mass is 10.1. The average Bonchev–Trinajstić information content (AvgIpc) is 2.82. The zero-order valence-electron chi connectivity index (χ0n) is 21.6. The molecule has 0 aromatic heterocycles. The Labute approximate surface area is 211 Å². The van der Waals surface area contributed by atoms with Crippen LogP contribution in [-0.4, -0.2) is 29.7 Å². The van der Waals surface area contributed by atoms with Crippen LogP contribution >= 0.6 is 0 Å². The van der Waals surface area contributed by atoms with Crippen LogP contribution in [0.25, 0.3) is 0 Å². The molecule has 2 aromatic carbocycles. The molecule has 0 spiro atoms. The van der Waals surface area contributed by atoms with Gasteiger partial charge in [-0.1, -0.05) is 51.0 Å². The summed E-state index contributed by atoms with van der Waals surface area (Å²) in [6.45, 7) is 9.53. The molecule has 36 heavy (non-hydrogen) atoms. The van der Waals surface area contributed by atoms with E-state index in [1.54, 1.807) is 24.3 Å². The molecule has 0 fully saturated rings. The second-order valence-corrected chi connectivity index (χ2v) is 9.06. The Morgan fingerprint density at radius 1 is 0.611 bits per heavy atom. The lowest BCUT2D eigenvalue weighted by Gasteiger charge is -2.26. The van der Waals surface area contributed by atoms with Crippen LogP contribution in [0.4, 0.5) is 4.79 Å². The third-order valence-electron chi connectivity index (χ3n) is 4.75. The minimum Gasteiger partial charge on any atom is -0.398 e. The van der Waals surface area contributed by atoms with Crippen LogP contribution in [-0.2, 0) is 41.9 Å². The van der Waals surface area contributed by atoms with E-state index in [1.807, 2.05) is 24.3 Å². The molecule has 0 aliphatic rings. The molecule has 0 atom stereocenters. The Kier molecular flexibility index (Phi) is 10.4. The molecular weight excluding hydrogens is 468 g/mol. The molecule has 9 nitrogen and oxygen atoms in total. The summed E-state index contributed by atoms with van der Waals surface area (Å²) < 4.78 is 10.1. The highest BCUT2D eigenvalue weighted by atomic mass is 17.3. The first-order chi connectivity index (χ1) is 16.9. The molecule has 0 aliphatic carbocycles. The van der Waals surface area contributed by atoms with E-state index in [4.69, 9.17) is 29.0 Å². The molecule has 2 aromatic rings. The zero-order chi connectivity index (χ0) is 26.8. The number of aryl methyl sites for hydroxylation is 2. The van der Waals surface area contributed by atoms with E-state index < -0.39 is 29.7 Å². The van der Waals surface area contributed by atoms with Gasteiger partial charge in [0.05, 0.1) is 11.1 Å². The SMILES string of the molecule is CCCc1ccc(C(=O)OOC(C)(C)OC(=O)OC(C)(C)OOC(=O)c2ccc(CCC)cc2)cc1. The highest BCUT2D eigenvalue weighted by molar-refractivity contribution is 5.89. The van der Waals surface area contributed by atoms with E-state index in [2.05, 4.69) is 13.8 Å². The molecule has 0 unspecified atom stereocenters. The Bertz CT molecular complexity index is 927. The molecule has 2 rings (SSSR count). The topological polar surface area (TPSA) is 107 Å². The van der Waals surface area contributed by atoms with Crippen molar-refractivity contribution in [3.63, 3.8) is 0 Å². The van der Waals surface area contributed by atoms with E-state index in [0.717, 1.165) is 36.8 Å². The average molecular weight is 503 g/mol. The first kappa shape index (κ1) is 28.8. The Hall–Kier alpha value is -3.43. The van der Waals surface area contributed by atoms with Crippen LogP contribution in [0.15, 0.2) is 48.5 Å². The monoisotopic (exact) mass is 502 g/mol. The highest BCUT2D eigenvalue weighted by Gasteiger charge is 2.34. The maximum atomic E-state index is 12.2. The summed E-state index contributed by atoms with van der Waals surface area (Å²) in [6, 6.07) is 13.8. The molecule has 0 heterocycles. The second kappa shape index (κ2) is 13.0. The summed E-state index contributed by atoms with van der Waals surface area (Å²) >= 11 is 0. The van der Waals surface area contributed by atoms with Gasteiger partial charge in [0.25, 0.3) is 11.6 Å².